The third-order valence-corrected chi connectivity index (χ3v) is 3.85. The van der Waals surface area contributed by atoms with E-state index in [1.54, 1.807) is 0 Å². The maximum Gasteiger partial charge on any atom is 0.451 e. The first-order valence-corrected chi connectivity index (χ1v) is 6.76. The Labute approximate surface area is 114 Å². The van der Waals surface area contributed by atoms with Crippen molar-refractivity contribution in [3.8, 4) is 0 Å². The van der Waals surface area contributed by atoms with Gasteiger partial charge >= 0.3 is 13.1 Å². The number of nitrogens with two attached hydrogens (primary N) is 1. The van der Waals surface area contributed by atoms with Gasteiger partial charge in [0.25, 0.3) is 0 Å². The number of aliphatic carboxylic acids is 1. The van der Waals surface area contributed by atoms with Crippen LogP contribution in [0.4, 0.5) is 0 Å². The molecule has 1 fully saturated rings. The molecule has 0 aliphatic heterocycles. The van der Waals surface area contributed by atoms with Crippen LogP contribution in [-0.4, -0.2) is 59.3 Å². The van der Waals surface area contributed by atoms with Crippen molar-refractivity contribution in [1.29, 1.82) is 0 Å². The van der Waals surface area contributed by atoms with Crippen molar-refractivity contribution in [3.63, 3.8) is 0 Å². The molecule has 1 aliphatic carbocycles. The number of carboxylic acid groups (broad SMARTS) is 1. The number of carbonyl (C=O) groups is 1. The van der Waals surface area contributed by atoms with E-state index in [0.29, 0.717) is 19.3 Å². The van der Waals surface area contributed by atoms with Crippen molar-refractivity contribution >= 4 is 13.1 Å². The molecule has 1 saturated carbocycles. The van der Waals surface area contributed by atoms with E-state index in [9.17, 15) is 9.90 Å². The monoisotopic (exact) mass is 272 g/mol. The van der Waals surface area contributed by atoms with Crippen LogP contribution in [0.15, 0.2) is 0 Å². The van der Waals surface area contributed by atoms with E-state index < -0.39 is 18.6 Å². The second-order valence-corrected chi connectivity index (χ2v) is 6.16. The van der Waals surface area contributed by atoms with E-state index in [2.05, 4.69) is 0 Å². The molecule has 2 unspecified atom stereocenters. The van der Waals surface area contributed by atoms with Gasteiger partial charge in [-0.15, -0.1) is 0 Å². The first kappa shape index (κ1) is 16.4. The van der Waals surface area contributed by atoms with E-state index in [-0.39, 0.29) is 18.2 Å². The molecule has 6 nitrogen and oxygen atoms in total. The van der Waals surface area contributed by atoms with E-state index in [4.69, 9.17) is 15.8 Å². The average molecular weight is 272 g/mol. The highest BCUT2D eigenvalue weighted by molar-refractivity contribution is 6.40. The summed E-state index contributed by atoms with van der Waals surface area (Å²) in [6, 6.07) is 0. The maximum absolute atomic E-state index is 11.4. The van der Waals surface area contributed by atoms with Gasteiger partial charge in [-0.3, -0.25) is 4.79 Å². The molecule has 0 aromatic heterocycles. The van der Waals surface area contributed by atoms with Crippen LogP contribution >= 0.6 is 0 Å². The summed E-state index contributed by atoms with van der Waals surface area (Å²) in [6.07, 6.45) is 2.68. The Morgan fingerprint density at radius 3 is 2.42 bits per heavy atom. The van der Waals surface area contributed by atoms with Crippen LogP contribution in [0.1, 0.15) is 25.7 Å². The number of hydrogen-bond donors (Lipinski definition) is 4. The van der Waals surface area contributed by atoms with Crippen LogP contribution in [0, 0.1) is 11.8 Å². The van der Waals surface area contributed by atoms with Crippen LogP contribution in [-0.2, 0) is 4.79 Å². The second-order valence-electron chi connectivity index (χ2n) is 6.16. The van der Waals surface area contributed by atoms with Crippen molar-refractivity contribution in [2.24, 2.45) is 17.6 Å². The lowest BCUT2D eigenvalue weighted by atomic mass is 9.67. The van der Waals surface area contributed by atoms with Gasteiger partial charge in [-0.25, -0.2) is 0 Å². The molecule has 1 rings (SSSR count). The van der Waals surface area contributed by atoms with Crippen LogP contribution in [0.5, 0.6) is 0 Å². The molecule has 110 valence electrons. The van der Waals surface area contributed by atoms with E-state index >= 15 is 0 Å². The molecule has 3 atom stereocenters. The summed E-state index contributed by atoms with van der Waals surface area (Å²) >= 11 is 0. The smallest absolute Gasteiger partial charge is 0.451 e. The van der Waals surface area contributed by atoms with Gasteiger partial charge in [-0.2, -0.15) is 0 Å². The lowest BCUT2D eigenvalue weighted by molar-refractivity contribution is -0.146. The third kappa shape index (κ3) is 5.10. The zero-order valence-corrected chi connectivity index (χ0v) is 11.7. The van der Waals surface area contributed by atoms with E-state index in [1.165, 1.54) is 0 Å². The summed E-state index contributed by atoms with van der Waals surface area (Å²) in [5.74, 6) is -0.571. The highest BCUT2D eigenvalue weighted by Gasteiger charge is 2.43. The second kappa shape index (κ2) is 6.70. The normalized spacial score (nSPS) is 31.5. The minimum atomic E-state index is -1.33. The van der Waals surface area contributed by atoms with Crippen LogP contribution in [0.2, 0.25) is 6.32 Å². The van der Waals surface area contributed by atoms with E-state index in [0.717, 1.165) is 13.0 Å². The zero-order valence-electron chi connectivity index (χ0n) is 11.7. The Bertz CT molecular complexity index is 314. The Morgan fingerprint density at radius 2 is 1.95 bits per heavy atom. The van der Waals surface area contributed by atoms with Crippen molar-refractivity contribution in [2.75, 3.05) is 20.6 Å². The molecular weight excluding hydrogens is 247 g/mol. The van der Waals surface area contributed by atoms with Gasteiger partial charge in [0.2, 0.25) is 0 Å². The minimum Gasteiger partial charge on any atom is -0.480 e. The maximum atomic E-state index is 11.4. The fraction of sp³-hybridized carbons (Fsp3) is 0.917. The lowest BCUT2D eigenvalue weighted by Gasteiger charge is -2.40. The number of carboxylic acids is 1. The third-order valence-electron chi connectivity index (χ3n) is 3.85. The molecule has 1 aliphatic rings. The van der Waals surface area contributed by atoms with E-state index in [1.807, 2.05) is 19.0 Å². The summed E-state index contributed by atoms with van der Waals surface area (Å²) in [6.45, 7) is 0.810. The first-order chi connectivity index (χ1) is 8.73. The number of hydrogen-bond acceptors (Lipinski definition) is 5. The summed E-state index contributed by atoms with van der Waals surface area (Å²) in [5.41, 5.74) is 4.85. The number of rotatable bonds is 6. The highest BCUT2D eigenvalue weighted by Crippen LogP contribution is 2.37. The van der Waals surface area contributed by atoms with Crippen LogP contribution in [0.25, 0.3) is 0 Å². The fourth-order valence-electron chi connectivity index (χ4n) is 3.19. The summed E-state index contributed by atoms with van der Waals surface area (Å²) < 4.78 is 0. The first-order valence-electron chi connectivity index (χ1n) is 6.76. The van der Waals surface area contributed by atoms with Gasteiger partial charge < -0.3 is 25.8 Å². The summed E-state index contributed by atoms with van der Waals surface area (Å²) in [7, 11) is 2.59. The SMILES string of the molecule is CN(C)CC1C[C@@H](CCB(O)O)CC(N)(C(=O)O)C1. The predicted molar refractivity (Wildman–Crippen MR) is 73.6 cm³/mol. The topological polar surface area (TPSA) is 107 Å². The number of nitrogens with zero attached hydrogens (tertiary/aromatic N) is 1. The summed E-state index contributed by atoms with van der Waals surface area (Å²) in [5, 5.41) is 27.2. The Kier molecular flexibility index (Phi) is 5.79. The largest absolute Gasteiger partial charge is 0.480 e. The Balaban J connectivity index is 2.69. The Morgan fingerprint density at radius 1 is 1.37 bits per heavy atom. The van der Waals surface area contributed by atoms with Gasteiger partial charge in [-0.1, -0.05) is 6.42 Å². The van der Waals surface area contributed by atoms with Gasteiger partial charge in [0, 0.05) is 6.54 Å². The average Bonchev–Trinajstić information content (AvgIpc) is 2.24. The molecule has 0 heterocycles. The van der Waals surface area contributed by atoms with Crippen molar-refractivity contribution in [3.05, 3.63) is 0 Å². The molecule has 0 amide bonds. The minimum absolute atomic E-state index is 0.140. The van der Waals surface area contributed by atoms with Gasteiger partial charge in [-0.05, 0) is 51.5 Å². The lowest BCUT2D eigenvalue weighted by Crippen LogP contribution is -2.54. The quantitative estimate of drug-likeness (QED) is 0.490. The fourth-order valence-corrected chi connectivity index (χ4v) is 3.19. The molecule has 0 saturated heterocycles. The van der Waals surface area contributed by atoms with Crippen LogP contribution in [0.3, 0.4) is 0 Å². The van der Waals surface area contributed by atoms with Crippen molar-refractivity contribution < 1.29 is 19.9 Å². The molecule has 0 aromatic rings. The van der Waals surface area contributed by atoms with Crippen molar-refractivity contribution in [2.45, 2.75) is 37.5 Å². The molecule has 5 N–H and O–H groups in total. The highest BCUT2D eigenvalue weighted by atomic mass is 16.4. The molecule has 0 bridgehead atoms. The standard InChI is InChI=1S/C12H25BN2O4/c1-15(2)8-10-5-9(3-4-13(18)19)6-12(14,7-10)11(16)17/h9-10,18-19H,3-8,14H2,1-2H3,(H,16,17)/t9-,10?,12?/m1/s1. The molecule has 0 spiro atoms. The Hall–Kier alpha value is -0.625. The van der Waals surface area contributed by atoms with Crippen LogP contribution < -0.4 is 5.73 Å². The van der Waals surface area contributed by atoms with Crippen molar-refractivity contribution in [1.82, 2.24) is 4.90 Å². The zero-order chi connectivity index (χ0) is 14.6. The molecule has 7 heteroatoms. The molecular formula is C12H25BN2O4. The molecule has 19 heavy (non-hydrogen) atoms. The van der Waals surface area contributed by atoms with Gasteiger partial charge in [0.05, 0.1) is 0 Å². The van der Waals surface area contributed by atoms with Gasteiger partial charge in [0.1, 0.15) is 5.54 Å². The molecule has 0 radical (unpaired) electrons. The summed E-state index contributed by atoms with van der Waals surface area (Å²) in [4.78, 5) is 13.4. The predicted octanol–water partition coefficient (Wildman–Crippen LogP) is -0.391. The molecule has 0 aromatic carbocycles. The van der Waals surface area contributed by atoms with Gasteiger partial charge in [0.15, 0.2) is 0 Å².